The summed E-state index contributed by atoms with van der Waals surface area (Å²) < 4.78 is 7.34. The second-order valence-electron chi connectivity index (χ2n) is 7.49. The highest BCUT2D eigenvalue weighted by molar-refractivity contribution is 7.17. The van der Waals surface area contributed by atoms with Crippen molar-refractivity contribution >= 4 is 33.2 Å². The lowest BCUT2D eigenvalue weighted by Crippen LogP contribution is -2.36. The monoisotopic (exact) mass is 420 g/mol. The number of hydrogen-bond donors (Lipinski definition) is 1. The van der Waals surface area contributed by atoms with Crippen LogP contribution in [0.4, 0.5) is 11.6 Å². The lowest BCUT2D eigenvalue weighted by atomic mass is 10.1. The third-order valence-electron chi connectivity index (χ3n) is 5.39. The average molecular weight is 421 g/mol. The Bertz CT molecular complexity index is 1140. The molecule has 1 saturated heterocycles. The van der Waals surface area contributed by atoms with Crippen molar-refractivity contribution in [1.82, 2.24) is 24.6 Å². The summed E-state index contributed by atoms with van der Waals surface area (Å²) in [6.45, 7) is 6.09. The van der Waals surface area contributed by atoms with E-state index in [-0.39, 0.29) is 0 Å². The molecule has 0 bridgehead atoms. The normalized spacial score (nSPS) is 15.0. The van der Waals surface area contributed by atoms with Gasteiger partial charge in [-0.05, 0) is 12.5 Å². The number of hydrogen-bond acceptors (Lipinski definition) is 7. The SMILES string of the molecule is Cc1cc(Nc2nc(CN3CCOCC3)nc3scc(-c4ccccc4)c23)nn1C. The van der Waals surface area contributed by atoms with Gasteiger partial charge in [-0.3, -0.25) is 9.58 Å². The average Bonchev–Trinajstić information content (AvgIpc) is 3.32. The Balaban J connectivity index is 1.59. The Morgan fingerprint density at radius 2 is 1.93 bits per heavy atom. The highest BCUT2D eigenvalue weighted by Gasteiger charge is 2.19. The largest absolute Gasteiger partial charge is 0.379 e. The van der Waals surface area contributed by atoms with Crippen molar-refractivity contribution in [2.75, 3.05) is 31.6 Å². The fraction of sp³-hybridized carbons (Fsp3) is 0.318. The van der Waals surface area contributed by atoms with Gasteiger partial charge in [0.05, 0.1) is 25.1 Å². The van der Waals surface area contributed by atoms with Gasteiger partial charge < -0.3 is 10.1 Å². The van der Waals surface area contributed by atoms with Crippen LogP contribution in [0.25, 0.3) is 21.3 Å². The van der Waals surface area contributed by atoms with Gasteiger partial charge >= 0.3 is 0 Å². The van der Waals surface area contributed by atoms with E-state index in [1.807, 2.05) is 30.8 Å². The van der Waals surface area contributed by atoms with Gasteiger partial charge in [-0.1, -0.05) is 30.3 Å². The number of aryl methyl sites for hydroxylation is 2. The maximum Gasteiger partial charge on any atom is 0.153 e. The van der Waals surface area contributed by atoms with Crippen molar-refractivity contribution < 1.29 is 4.74 Å². The zero-order chi connectivity index (χ0) is 20.5. The van der Waals surface area contributed by atoms with E-state index < -0.39 is 0 Å². The number of nitrogens with zero attached hydrogens (tertiary/aromatic N) is 5. The molecular weight excluding hydrogens is 396 g/mol. The maximum absolute atomic E-state index is 5.47. The second-order valence-corrected chi connectivity index (χ2v) is 8.35. The fourth-order valence-corrected chi connectivity index (χ4v) is 4.65. The minimum absolute atomic E-state index is 0.716. The van der Waals surface area contributed by atoms with Crippen LogP contribution >= 0.6 is 11.3 Å². The van der Waals surface area contributed by atoms with Gasteiger partial charge in [0.2, 0.25) is 0 Å². The topological polar surface area (TPSA) is 68.1 Å². The predicted octanol–water partition coefficient (Wildman–Crippen LogP) is 3.98. The summed E-state index contributed by atoms with van der Waals surface area (Å²) in [5.41, 5.74) is 3.39. The van der Waals surface area contributed by atoms with Gasteiger partial charge in [-0.25, -0.2) is 9.97 Å². The minimum Gasteiger partial charge on any atom is -0.379 e. The smallest absolute Gasteiger partial charge is 0.153 e. The lowest BCUT2D eigenvalue weighted by Gasteiger charge is -2.25. The Morgan fingerprint density at radius 1 is 1.13 bits per heavy atom. The van der Waals surface area contributed by atoms with E-state index in [2.05, 4.69) is 45.0 Å². The molecule has 0 atom stereocenters. The third-order valence-corrected chi connectivity index (χ3v) is 6.27. The molecule has 30 heavy (non-hydrogen) atoms. The molecule has 1 aromatic carbocycles. The fourth-order valence-electron chi connectivity index (χ4n) is 3.68. The van der Waals surface area contributed by atoms with Gasteiger partial charge in [-0.15, -0.1) is 11.3 Å². The molecule has 1 aliphatic rings. The van der Waals surface area contributed by atoms with E-state index in [4.69, 9.17) is 14.7 Å². The van der Waals surface area contributed by atoms with Crippen molar-refractivity contribution in [3.05, 3.63) is 53.3 Å². The van der Waals surface area contributed by atoms with Crippen LogP contribution < -0.4 is 5.32 Å². The first-order chi connectivity index (χ1) is 14.7. The van der Waals surface area contributed by atoms with Crippen molar-refractivity contribution in [3.8, 4) is 11.1 Å². The first kappa shape index (κ1) is 19.2. The second kappa shape index (κ2) is 8.14. The number of rotatable bonds is 5. The number of thiophene rings is 1. The molecule has 1 aliphatic heterocycles. The Labute approximate surface area is 179 Å². The number of benzene rings is 1. The number of aromatic nitrogens is 4. The van der Waals surface area contributed by atoms with E-state index in [0.29, 0.717) is 6.54 Å². The molecule has 5 rings (SSSR count). The lowest BCUT2D eigenvalue weighted by molar-refractivity contribution is 0.0331. The van der Waals surface area contributed by atoms with E-state index in [0.717, 1.165) is 70.8 Å². The predicted molar refractivity (Wildman–Crippen MR) is 120 cm³/mol. The molecule has 7 nitrogen and oxygen atoms in total. The van der Waals surface area contributed by atoms with E-state index in [1.54, 1.807) is 11.3 Å². The van der Waals surface area contributed by atoms with Crippen LogP contribution in [0, 0.1) is 6.92 Å². The van der Waals surface area contributed by atoms with Crippen molar-refractivity contribution in [2.24, 2.45) is 7.05 Å². The number of morpholine rings is 1. The highest BCUT2D eigenvalue weighted by Crippen LogP contribution is 2.38. The van der Waals surface area contributed by atoms with Gasteiger partial charge in [0.1, 0.15) is 16.5 Å². The van der Waals surface area contributed by atoms with Crippen LogP contribution in [-0.2, 0) is 18.3 Å². The van der Waals surface area contributed by atoms with Crippen molar-refractivity contribution in [2.45, 2.75) is 13.5 Å². The van der Waals surface area contributed by atoms with Crippen LogP contribution in [0.1, 0.15) is 11.5 Å². The summed E-state index contributed by atoms with van der Waals surface area (Å²) in [5, 5.41) is 11.2. The Hall–Kier alpha value is -2.81. The first-order valence-electron chi connectivity index (χ1n) is 10.1. The molecule has 3 aromatic heterocycles. The van der Waals surface area contributed by atoms with Gasteiger partial charge in [0.15, 0.2) is 5.82 Å². The van der Waals surface area contributed by atoms with Crippen LogP contribution in [0.15, 0.2) is 41.8 Å². The zero-order valence-electron chi connectivity index (χ0n) is 17.1. The number of nitrogens with one attached hydrogen (secondary N) is 1. The van der Waals surface area contributed by atoms with E-state index in [9.17, 15) is 0 Å². The van der Waals surface area contributed by atoms with Crippen LogP contribution in [0.5, 0.6) is 0 Å². The molecule has 1 N–H and O–H groups in total. The Morgan fingerprint density at radius 3 is 2.67 bits per heavy atom. The minimum atomic E-state index is 0.716. The van der Waals surface area contributed by atoms with Crippen LogP contribution in [0.3, 0.4) is 0 Å². The molecule has 0 amide bonds. The zero-order valence-corrected chi connectivity index (χ0v) is 17.9. The molecule has 0 radical (unpaired) electrons. The molecule has 4 aromatic rings. The summed E-state index contributed by atoms with van der Waals surface area (Å²) in [6, 6.07) is 12.4. The summed E-state index contributed by atoms with van der Waals surface area (Å²) >= 11 is 1.66. The van der Waals surface area contributed by atoms with E-state index >= 15 is 0 Å². The molecule has 1 fully saturated rings. The Kier molecular flexibility index (Phi) is 5.20. The number of ether oxygens (including phenoxy) is 1. The molecule has 8 heteroatoms. The van der Waals surface area contributed by atoms with Crippen molar-refractivity contribution in [1.29, 1.82) is 0 Å². The molecule has 0 unspecified atom stereocenters. The summed E-state index contributed by atoms with van der Waals surface area (Å²) in [5.74, 6) is 2.42. The standard InChI is InChI=1S/C22H24N6OS/c1-15-12-18(26-27(15)2)23-21-20-17(16-6-4-3-5-7-16)14-30-22(20)25-19(24-21)13-28-8-10-29-11-9-28/h3-7,12,14H,8-11,13H2,1-2H3,(H,23,24,25,26). The molecular formula is C22H24N6OS. The molecule has 0 spiro atoms. The number of fused-ring (bicyclic) bond motifs is 1. The van der Waals surface area contributed by atoms with Gasteiger partial charge in [0.25, 0.3) is 0 Å². The van der Waals surface area contributed by atoms with Crippen LogP contribution in [0.2, 0.25) is 0 Å². The molecule has 4 heterocycles. The first-order valence-corrected chi connectivity index (χ1v) is 11.0. The van der Waals surface area contributed by atoms with Crippen molar-refractivity contribution in [3.63, 3.8) is 0 Å². The highest BCUT2D eigenvalue weighted by atomic mass is 32.1. The van der Waals surface area contributed by atoms with E-state index in [1.165, 1.54) is 0 Å². The summed E-state index contributed by atoms with van der Waals surface area (Å²) in [4.78, 5) is 13.2. The molecule has 154 valence electrons. The van der Waals surface area contributed by atoms with Crippen LogP contribution in [-0.4, -0.2) is 51.0 Å². The quantitative estimate of drug-likeness (QED) is 0.527. The van der Waals surface area contributed by atoms with Gasteiger partial charge in [0, 0.05) is 42.8 Å². The molecule has 0 aliphatic carbocycles. The molecule has 0 saturated carbocycles. The maximum atomic E-state index is 5.47. The third kappa shape index (κ3) is 3.81. The summed E-state index contributed by atoms with van der Waals surface area (Å²) in [7, 11) is 1.94. The van der Waals surface area contributed by atoms with Gasteiger partial charge in [-0.2, -0.15) is 5.10 Å². The summed E-state index contributed by atoms with van der Waals surface area (Å²) in [6.07, 6.45) is 0. The number of anilines is 2.